The first-order valence-electron chi connectivity index (χ1n) is 10.4. The highest BCUT2D eigenvalue weighted by atomic mass is 19.2. The number of carbonyl (C=O) groups excluding carboxylic acids is 2. The Morgan fingerprint density at radius 2 is 1.94 bits per heavy atom. The van der Waals surface area contributed by atoms with Crippen molar-refractivity contribution in [3.8, 4) is 0 Å². The zero-order chi connectivity index (χ0) is 26.0. The number of allylic oxidation sites excluding steroid dienone is 1. The van der Waals surface area contributed by atoms with Crippen molar-refractivity contribution >= 4 is 23.6 Å². The van der Waals surface area contributed by atoms with Crippen molar-refractivity contribution in [3.63, 3.8) is 0 Å². The molecule has 2 aliphatic rings. The Balaban J connectivity index is 1.44. The van der Waals surface area contributed by atoms with Crippen LogP contribution in [0.5, 0.6) is 0 Å². The van der Waals surface area contributed by atoms with Crippen molar-refractivity contribution in [1.29, 1.82) is 0 Å². The third-order valence-electron chi connectivity index (χ3n) is 5.23. The predicted octanol–water partition coefficient (Wildman–Crippen LogP) is 1.50. The molecule has 1 unspecified atom stereocenters. The van der Waals surface area contributed by atoms with E-state index >= 15 is 0 Å². The summed E-state index contributed by atoms with van der Waals surface area (Å²) in [6.45, 7) is -0.848. The normalized spacial score (nSPS) is 17.1. The summed E-state index contributed by atoms with van der Waals surface area (Å²) < 4.78 is 46.6. The number of ether oxygens (including phenoxy) is 1. The first kappa shape index (κ1) is 24.6. The second-order valence-electron chi connectivity index (χ2n) is 7.76. The molecule has 1 aliphatic heterocycles. The molecule has 3 N–H and O–H groups in total. The molecule has 0 spiro atoms. The molecule has 10 nitrogen and oxygen atoms in total. The van der Waals surface area contributed by atoms with Crippen LogP contribution in [0.15, 0.2) is 64.2 Å². The summed E-state index contributed by atoms with van der Waals surface area (Å²) in [4.78, 5) is 52.1. The van der Waals surface area contributed by atoms with E-state index in [-0.39, 0.29) is 12.1 Å². The van der Waals surface area contributed by atoms with E-state index in [1.807, 2.05) is 0 Å². The number of carboxylic acid groups (broad SMARTS) is 1. The van der Waals surface area contributed by atoms with E-state index in [4.69, 9.17) is 4.74 Å². The van der Waals surface area contributed by atoms with Crippen molar-refractivity contribution in [2.45, 2.75) is 18.7 Å². The standard InChI is InChI=1S/C23H17F3N4O6/c24-14-6-11(7-15(25)19(14)26)9-30-5-1-2-13(21(30)32)20(31)27-18(22(33)34)10-36-12-3-4-16-17(8-12)29-23(35)28-16/h1-8,12,18H,9-10H2,(H,27,31)(H,29,35)(H,33,34)/t12?,18-/m0/s1. The van der Waals surface area contributed by atoms with Gasteiger partial charge in [-0.2, -0.15) is 4.99 Å². The van der Waals surface area contributed by atoms with E-state index in [9.17, 15) is 37.5 Å². The summed E-state index contributed by atoms with van der Waals surface area (Å²) in [6, 6.07) is 1.82. The third-order valence-corrected chi connectivity index (χ3v) is 5.23. The molecule has 186 valence electrons. The Hall–Kier alpha value is -4.52. The summed E-state index contributed by atoms with van der Waals surface area (Å²) in [5.74, 6) is -6.96. The zero-order valence-corrected chi connectivity index (χ0v) is 18.2. The second kappa shape index (κ2) is 10.00. The third kappa shape index (κ3) is 5.25. The number of aliphatic carboxylic acids is 1. The van der Waals surface area contributed by atoms with Crippen LogP contribution in [-0.4, -0.2) is 52.0 Å². The lowest BCUT2D eigenvalue weighted by atomic mass is 10.1. The average molecular weight is 502 g/mol. The molecule has 1 aromatic carbocycles. The fourth-order valence-corrected chi connectivity index (χ4v) is 3.49. The Bertz CT molecular complexity index is 1390. The Morgan fingerprint density at radius 3 is 2.64 bits per heavy atom. The van der Waals surface area contributed by atoms with Gasteiger partial charge < -0.3 is 25.0 Å². The fourth-order valence-electron chi connectivity index (χ4n) is 3.49. The number of benzene rings is 1. The SMILES string of the molecule is O=C1N=C2C=CC(OC[C@H](NC(=O)c3cccn(Cc4cc(F)c(F)c(F)c4)c3=O)C(=O)O)C=C2N1. The summed E-state index contributed by atoms with van der Waals surface area (Å²) in [5.41, 5.74) is -0.539. The molecular formula is C23H17F3N4O6. The molecule has 36 heavy (non-hydrogen) atoms. The van der Waals surface area contributed by atoms with Gasteiger partial charge in [-0.05, 0) is 48.1 Å². The largest absolute Gasteiger partial charge is 0.480 e. The van der Waals surface area contributed by atoms with E-state index in [0.717, 1.165) is 22.8 Å². The van der Waals surface area contributed by atoms with Crippen LogP contribution in [0, 0.1) is 17.5 Å². The van der Waals surface area contributed by atoms with Crippen molar-refractivity contribution in [2.24, 2.45) is 4.99 Å². The minimum absolute atomic E-state index is 0.0656. The number of hydrogen-bond acceptors (Lipinski definition) is 5. The number of halogens is 3. The molecule has 0 radical (unpaired) electrons. The van der Waals surface area contributed by atoms with Gasteiger partial charge in [0.25, 0.3) is 11.5 Å². The average Bonchev–Trinajstić information content (AvgIpc) is 3.20. The van der Waals surface area contributed by atoms with Gasteiger partial charge in [-0.3, -0.25) is 9.59 Å². The first-order chi connectivity index (χ1) is 17.1. The number of nitrogens with zero attached hydrogens (tertiary/aromatic N) is 2. The molecule has 1 aromatic heterocycles. The van der Waals surface area contributed by atoms with Crippen molar-refractivity contribution in [3.05, 3.63) is 93.3 Å². The summed E-state index contributed by atoms with van der Waals surface area (Å²) in [5, 5.41) is 14.2. The highest BCUT2D eigenvalue weighted by molar-refractivity contribution is 6.19. The van der Waals surface area contributed by atoms with Gasteiger partial charge in [-0.15, -0.1) is 0 Å². The number of urea groups is 1. The maximum atomic E-state index is 13.5. The number of fused-ring (bicyclic) bond motifs is 1. The van der Waals surface area contributed by atoms with Crippen LogP contribution >= 0.6 is 0 Å². The number of rotatable bonds is 8. The van der Waals surface area contributed by atoms with E-state index in [1.54, 1.807) is 6.08 Å². The van der Waals surface area contributed by atoms with Gasteiger partial charge in [0.1, 0.15) is 5.56 Å². The smallest absolute Gasteiger partial charge is 0.346 e. The summed E-state index contributed by atoms with van der Waals surface area (Å²) >= 11 is 0. The highest BCUT2D eigenvalue weighted by Gasteiger charge is 2.26. The molecule has 0 bridgehead atoms. The monoisotopic (exact) mass is 502 g/mol. The molecule has 4 rings (SSSR count). The lowest BCUT2D eigenvalue weighted by molar-refractivity contribution is -0.141. The topological polar surface area (TPSA) is 139 Å². The minimum atomic E-state index is -1.65. The Morgan fingerprint density at radius 1 is 1.22 bits per heavy atom. The van der Waals surface area contributed by atoms with Gasteiger partial charge in [0.2, 0.25) is 0 Å². The molecular weight excluding hydrogens is 485 g/mol. The first-order valence-corrected chi connectivity index (χ1v) is 10.4. The van der Waals surface area contributed by atoms with Crippen molar-refractivity contribution < 1.29 is 37.4 Å². The van der Waals surface area contributed by atoms with Crippen LogP contribution in [-0.2, 0) is 16.1 Å². The molecule has 2 aromatic rings. The van der Waals surface area contributed by atoms with Gasteiger partial charge >= 0.3 is 12.0 Å². The molecule has 2 atom stereocenters. The highest BCUT2D eigenvalue weighted by Crippen LogP contribution is 2.16. The van der Waals surface area contributed by atoms with Gasteiger partial charge in [0.05, 0.1) is 30.7 Å². The molecule has 0 fully saturated rings. The van der Waals surface area contributed by atoms with Crippen LogP contribution in [0.3, 0.4) is 0 Å². The van der Waals surface area contributed by atoms with Crippen LogP contribution in [0.2, 0.25) is 0 Å². The maximum Gasteiger partial charge on any atom is 0.346 e. The van der Waals surface area contributed by atoms with Crippen LogP contribution in [0.4, 0.5) is 18.0 Å². The van der Waals surface area contributed by atoms with E-state index in [2.05, 4.69) is 15.6 Å². The molecule has 13 heteroatoms. The van der Waals surface area contributed by atoms with Crippen LogP contribution in [0.1, 0.15) is 15.9 Å². The summed E-state index contributed by atoms with van der Waals surface area (Å²) in [6.07, 6.45) is 5.12. The van der Waals surface area contributed by atoms with E-state index in [1.165, 1.54) is 24.4 Å². The van der Waals surface area contributed by atoms with Crippen LogP contribution < -0.4 is 16.2 Å². The second-order valence-corrected chi connectivity index (χ2v) is 7.76. The lowest BCUT2D eigenvalue weighted by Gasteiger charge is -2.19. The number of carboxylic acids is 1. The fraction of sp³-hybridized carbons (Fsp3) is 0.174. The van der Waals surface area contributed by atoms with Gasteiger partial charge in [-0.25, -0.2) is 22.8 Å². The zero-order valence-electron chi connectivity index (χ0n) is 18.2. The Labute approximate surface area is 200 Å². The number of aromatic nitrogens is 1. The predicted molar refractivity (Wildman–Crippen MR) is 118 cm³/mol. The maximum absolute atomic E-state index is 13.5. The number of pyridine rings is 1. The minimum Gasteiger partial charge on any atom is -0.480 e. The van der Waals surface area contributed by atoms with Crippen molar-refractivity contribution in [1.82, 2.24) is 15.2 Å². The van der Waals surface area contributed by atoms with Crippen molar-refractivity contribution in [2.75, 3.05) is 6.61 Å². The van der Waals surface area contributed by atoms with Gasteiger partial charge in [0.15, 0.2) is 23.5 Å². The van der Waals surface area contributed by atoms with Gasteiger partial charge in [-0.1, -0.05) is 0 Å². The molecule has 2 heterocycles. The summed E-state index contributed by atoms with van der Waals surface area (Å²) in [7, 11) is 0. The lowest BCUT2D eigenvalue weighted by Crippen LogP contribution is -2.46. The number of aliphatic imine (C=N–C) groups is 1. The quantitative estimate of drug-likeness (QED) is 0.468. The number of amides is 3. The molecule has 0 saturated heterocycles. The Kier molecular flexibility index (Phi) is 6.83. The number of nitrogens with one attached hydrogen (secondary N) is 2. The molecule has 1 aliphatic carbocycles. The molecule has 0 saturated carbocycles. The van der Waals surface area contributed by atoms with E-state index < -0.39 is 65.2 Å². The number of hydrogen-bond donors (Lipinski definition) is 3. The van der Waals surface area contributed by atoms with E-state index in [0.29, 0.717) is 11.4 Å². The van der Waals surface area contributed by atoms with Crippen LogP contribution in [0.25, 0.3) is 0 Å². The molecule has 3 amide bonds. The van der Waals surface area contributed by atoms with Gasteiger partial charge in [0, 0.05) is 6.20 Å². The number of carbonyl (C=O) groups is 3.